The summed E-state index contributed by atoms with van der Waals surface area (Å²) in [6, 6.07) is 3.92. The van der Waals surface area contributed by atoms with Crippen LogP contribution in [-0.4, -0.2) is 36.7 Å². The summed E-state index contributed by atoms with van der Waals surface area (Å²) >= 11 is 3.61. The molecule has 0 saturated heterocycles. The number of carbonyl (C=O) groups excluding carboxylic acids is 2. The molecule has 0 unspecified atom stereocenters. The van der Waals surface area contributed by atoms with Gasteiger partial charge in [0.1, 0.15) is 0 Å². The summed E-state index contributed by atoms with van der Waals surface area (Å²) in [5.41, 5.74) is 4.73. The second-order valence-electron chi connectivity index (χ2n) is 7.92. The fourth-order valence-electron chi connectivity index (χ4n) is 5.15. The Morgan fingerprint density at radius 2 is 1.60 bits per heavy atom. The van der Waals surface area contributed by atoms with Crippen molar-refractivity contribution >= 4 is 27.5 Å². The number of allylic oxidation sites excluding steroid dienone is 4. The lowest BCUT2D eigenvalue weighted by molar-refractivity contribution is -0.117. The number of halogens is 1. The largest absolute Gasteiger partial charge is 0.492 e. The van der Waals surface area contributed by atoms with E-state index in [-0.39, 0.29) is 17.5 Å². The van der Waals surface area contributed by atoms with Crippen LogP contribution >= 0.6 is 15.9 Å². The van der Waals surface area contributed by atoms with Crippen molar-refractivity contribution in [2.24, 2.45) is 0 Å². The smallest absolute Gasteiger partial charge is 0.174 e. The molecule has 6 heteroatoms. The van der Waals surface area contributed by atoms with Crippen molar-refractivity contribution in [2.75, 3.05) is 20.3 Å². The zero-order chi connectivity index (χ0) is 21.4. The Balaban J connectivity index is 1.97. The molecular weight excluding hydrogens is 446 g/mol. The number of carbonyl (C=O) groups is 2. The van der Waals surface area contributed by atoms with Gasteiger partial charge in [0, 0.05) is 47.8 Å². The molecule has 1 aromatic carbocycles. The molecule has 0 radical (unpaired) electrons. The molecule has 0 amide bonds. The van der Waals surface area contributed by atoms with Crippen molar-refractivity contribution in [1.29, 1.82) is 0 Å². The summed E-state index contributed by atoms with van der Waals surface area (Å²) in [4.78, 5) is 28.6. The number of nitrogens with zero attached hydrogens (tertiary/aromatic N) is 1. The van der Waals surface area contributed by atoms with Crippen molar-refractivity contribution in [1.82, 2.24) is 4.90 Å². The lowest BCUT2D eigenvalue weighted by Gasteiger charge is -2.43. The first kappa shape index (κ1) is 21.2. The van der Waals surface area contributed by atoms with Crippen LogP contribution in [0.25, 0.3) is 0 Å². The minimum absolute atomic E-state index is 0.162. The average molecular weight is 474 g/mol. The van der Waals surface area contributed by atoms with Gasteiger partial charge in [-0.05, 0) is 73.2 Å². The van der Waals surface area contributed by atoms with Crippen molar-refractivity contribution < 1.29 is 19.1 Å². The standard InChI is InChI=1S/C24H28BrNO4/c1-4-26-16-8-6-10-18(27)22(16)21(23-17(26)9-7-11-19(23)28)14-12-15(25)24(29-3)20(13-14)30-5-2/h12-13,21H,4-11H2,1-3H3. The molecule has 2 aliphatic carbocycles. The van der Waals surface area contributed by atoms with Crippen LogP contribution in [0.4, 0.5) is 0 Å². The lowest BCUT2D eigenvalue weighted by Crippen LogP contribution is -2.39. The fraction of sp³-hybridized carbons (Fsp3) is 0.500. The predicted octanol–water partition coefficient (Wildman–Crippen LogP) is 5.29. The third-order valence-corrected chi connectivity index (χ3v) is 6.86. The number of rotatable bonds is 5. The van der Waals surface area contributed by atoms with Crippen LogP contribution in [0.2, 0.25) is 0 Å². The number of hydrogen-bond donors (Lipinski definition) is 0. The molecule has 0 atom stereocenters. The molecule has 1 aliphatic heterocycles. The highest BCUT2D eigenvalue weighted by molar-refractivity contribution is 9.10. The monoisotopic (exact) mass is 473 g/mol. The minimum Gasteiger partial charge on any atom is -0.492 e. The van der Waals surface area contributed by atoms with Crippen LogP contribution in [0.3, 0.4) is 0 Å². The van der Waals surface area contributed by atoms with Crippen LogP contribution in [0.5, 0.6) is 11.5 Å². The molecule has 1 heterocycles. The van der Waals surface area contributed by atoms with Crippen LogP contribution in [0.1, 0.15) is 63.9 Å². The maximum Gasteiger partial charge on any atom is 0.174 e. The topological polar surface area (TPSA) is 55.8 Å². The third kappa shape index (κ3) is 3.39. The number of ether oxygens (including phenoxy) is 2. The molecule has 0 bridgehead atoms. The van der Waals surface area contributed by atoms with Gasteiger partial charge in [0.2, 0.25) is 0 Å². The van der Waals surface area contributed by atoms with Crippen molar-refractivity contribution in [2.45, 2.75) is 58.3 Å². The molecule has 1 aromatic rings. The van der Waals surface area contributed by atoms with E-state index in [0.717, 1.165) is 64.8 Å². The summed E-state index contributed by atoms with van der Waals surface area (Å²) in [6.07, 6.45) is 4.58. The molecule has 0 aromatic heterocycles. The van der Waals surface area contributed by atoms with Crippen LogP contribution in [0.15, 0.2) is 39.1 Å². The molecule has 5 nitrogen and oxygen atoms in total. The Kier molecular flexibility index (Phi) is 6.05. The van der Waals surface area contributed by atoms with E-state index >= 15 is 0 Å². The van der Waals surface area contributed by atoms with E-state index in [9.17, 15) is 9.59 Å². The van der Waals surface area contributed by atoms with E-state index in [4.69, 9.17) is 9.47 Å². The highest BCUT2D eigenvalue weighted by Gasteiger charge is 2.43. The van der Waals surface area contributed by atoms with Crippen molar-refractivity contribution in [3.63, 3.8) is 0 Å². The van der Waals surface area contributed by atoms with Gasteiger partial charge in [-0.2, -0.15) is 0 Å². The van der Waals surface area contributed by atoms with Crippen LogP contribution in [0, 0.1) is 0 Å². The maximum atomic E-state index is 13.2. The summed E-state index contributed by atoms with van der Waals surface area (Å²) in [5, 5.41) is 0. The quantitative estimate of drug-likeness (QED) is 0.581. The molecule has 30 heavy (non-hydrogen) atoms. The second kappa shape index (κ2) is 8.58. The highest BCUT2D eigenvalue weighted by atomic mass is 79.9. The third-order valence-electron chi connectivity index (χ3n) is 6.27. The van der Waals surface area contributed by atoms with E-state index in [1.54, 1.807) is 7.11 Å². The van der Waals surface area contributed by atoms with Gasteiger partial charge in [-0.3, -0.25) is 9.59 Å². The number of hydrogen-bond acceptors (Lipinski definition) is 5. The molecule has 4 rings (SSSR count). The SMILES string of the molecule is CCOc1cc(C2C3=C(CCCC3=O)N(CC)C3=C2C(=O)CCC3)cc(Br)c1OC. The van der Waals surface area contributed by atoms with E-state index in [1.165, 1.54) is 0 Å². The summed E-state index contributed by atoms with van der Waals surface area (Å²) in [6.45, 7) is 5.31. The van der Waals surface area contributed by atoms with Gasteiger partial charge in [0.25, 0.3) is 0 Å². The number of ketones is 2. The Labute approximate surface area is 186 Å². The van der Waals surface area contributed by atoms with Gasteiger partial charge in [0.05, 0.1) is 18.2 Å². The first-order valence-electron chi connectivity index (χ1n) is 10.8. The molecule has 0 spiro atoms. The predicted molar refractivity (Wildman–Crippen MR) is 119 cm³/mol. The molecule has 0 N–H and O–H groups in total. The molecular formula is C24H28BrNO4. The number of benzene rings is 1. The van der Waals surface area contributed by atoms with Crippen LogP contribution < -0.4 is 9.47 Å². The van der Waals surface area contributed by atoms with Crippen LogP contribution in [-0.2, 0) is 9.59 Å². The maximum absolute atomic E-state index is 13.2. The Hall–Kier alpha value is -2.08. The first-order chi connectivity index (χ1) is 14.5. The molecule has 160 valence electrons. The second-order valence-corrected chi connectivity index (χ2v) is 8.77. The van der Waals surface area contributed by atoms with Gasteiger partial charge in [-0.15, -0.1) is 0 Å². The van der Waals surface area contributed by atoms with Gasteiger partial charge in [0.15, 0.2) is 23.1 Å². The Morgan fingerprint density at radius 3 is 2.10 bits per heavy atom. The van der Waals surface area contributed by atoms with Gasteiger partial charge >= 0.3 is 0 Å². The van der Waals surface area contributed by atoms with Crippen molar-refractivity contribution in [3.8, 4) is 11.5 Å². The lowest BCUT2D eigenvalue weighted by atomic mass is 9.71. The summed E-state index contributed by atoms with van der Waals surface area (Å²) < 4.78 is 12.1. The molecule has 0 fully saturated rings. The number of Topliss-reactive ketones (excluding diaryl/α,β-unsaturated/α-hetero) is 2. The van der Waals surface area contributed by atoms with E-state index in [1.807, 2.05) is 19.1 Å². The zero-order valence-electron chi connectivity index (χ0n) is 17.8. The summed E-state index contributed by atoms with van der Waals surface area (Å²) in [7, 11) is 1.61. The molecule has 0 saturated carbocycles. The van der Waals surface area contributed by atoms with E-state index in [0.29, 0.717) is 30.9 Å². The Morgan fingerprint density at radius 1 is 1.00 bits per heavy atom. The van der Waals surface area contributed by atoms with Gasteiger partial charge in [-0.25, -0.2) is 0 Å². The first-order valence-corrected chi connectivity index (χ1v) is 11.6. The Bertz CT molecular complexity index is 918. The van der Waals surface area contributed by atoms with Gasteiger partial charge in [-0.1, -0.05) is 0 Å². The summed E-state index contributed by atoms with van der Waals surface area (Å²) in [5.74, 6) is 1.24. The van der Waals surface area contributed by atoms with E-state index in [2.05, 4.69) is 27.8 Å². The fourth-order valence-corrected chi connectivity index (χ4v) is 5.77. The normalized spacial score (nSPS) is 19.8. The minimum atomic E-state index is -0.334. The highest BCUT2D eigenvalue weighted by Crippen LogP contribution is 2.51. The number of methoxy groups -OCH3 is 1. The van der Waals surface area contributed by atoms with E-state index < -0.39 is 0 Å². The van der Waals surface area contributed by atoms with Crippen molar-refractivity contribution in [3.05, 3.63) is 44.7 Å². The average Bonchev–Trinajstić information content (AvgIpc) is 2.72. The zero-order valence-corrected chi connectivity index (χ0v) is 19.4. The molecule has 3 aliphatic rings. The van der Waals surface area contributed by atoms with Gasteiger partial charge < -0.3 is 14.4 Å².